The standard InChI is InChI=1S/C26H32ClN7OS2/c1-25(2,3)37(35)33-21-17-7-5-4-6-16(17)14-26(21)9-12-34(13-10-26)19-15-31-24(23(29)32-19)36-18-8-11-30-22(28)20(18)27/h4-8,11,15,21,33H,9-10,12-14H2,1-3H3,(H2,28,30)(H2,29,32). The fourth-order valence-corrected chi connectivity index (χ4v) is 7.10. The Balaban J connectivity index is 1.32. The van der Waals surface area contributed by atoms with E-state index in [0.29, 0.717) is 15.9 Å². The molecular weight excluding hydrogens is 526 g/mol. The number of nitrogen functional groups attached to an aromatic ring is 2. The molecule has 1 fully saturated rings. The van der Waals surface area contributed by atoms with E-state index in [9.17, 15) is 4.55 Å². The van der Waals surface area contributed by atoms with Crippen LogP contribution >= 0.6 is 23.4 Å². The van der Waals surface area contributed by atoms with Crippen LogP contribution < -0.4 is 21.1 Å². The van der Waals surface area contributed by atoms with Crippen LogP contribution in [0, 0.1) is 5.41 Å². The van der Waals surface area contributed by atoms with Crippen LogP contribution in [-0.4, -0.2) is 37.3 Å². The average molecular weight is 558 g/mol. The second kappa shape index (κ2) is 10.1. The van der Waals surface area contributed by atoms with Crippen LogP contribution in [0.4, 0.5) is 17.5 Å². The first-order valence-electron chi connectivity index (χ1n) is 12.3. The number of benzene rings is 1. The Kier molecular flexibility index (Phi) is 7.23. The molecule has 0 radical (unpaired) electrons. The molecule has 2 aromatic heterocycles. The van der Waals surface area contributed by atoms with Crippen molar-refractivity contribution in [2.45, 2.75) is 60.7 Å². The monoisotopic (exact) mass is 557 g/mol. The van der Waals surface area contributed by atoms with Crippen LogP contribution in [0.3, 0.4) is 0 Å². The van der Waals surface area contributed by atoms with Crippen molar-refractivity contribution in [3.63, 3.8) is 0 Å². The molecule has 0 saturated carbocycles. The van der Waals surface area contributed by atoms with Gasteiger partial charge in [-0.1, -0.05) is 47.6 Å². The van der Waals surface area contributed by atoms with Crippen LogP contribution in [0.1, 0.15) is 50.8 Å². The summed E-state index contributed by atoms with van der Waals surface area (Å²) in [6.45, 7) is 7.67. The van der Waals surface area contributed by atoms with Gasteiger partial charge in [0.1, 0.15) is 21.4 Å². The van der Waals surface area contributed by atoms with Gasteiger partial charge in [0, 0.05) is 41.0 Å². The Bertz CT molecular complexity index is 1290. The number of piperidine rings is 1. The van der Waals surface area contributed by atoms with Gasteiger partial charge in [-0.2, -0.15) is 0 Å². The van der Waals surface area contributed by atoms with Crippen molar-refractivity contribution in [3.8, 4) is 0 Å². The number of hydrogen-bond donors (Lipinski definition) is 3. The van der Waals surface area contributed by atoms with Crippen LogP contribution in [0.2, 0.25) is 5.02 Å². The van der Waals surface area contributed by atoms with E-state index in [1.165, 1.54) is 22.9 Å². The number of anilines is 3. The summed E-state index contributed by atoms with van der Waals surface area (Å²) in [5.74, 6) is 1.38. The summed E-state index contributed by atoms with van der Waals surface area (Å²) in [5.41, 5.74) is 14.7. The number of nitrogens with zero attached hydrogens (tertiary/aromatic N) is 4. The Morgan fingerprint density at radius 2 is 1.86 bits per heavy atom. The Morgan fingerprint density at radius 1 is 1.14 bits per heavy atom. The van der Waals surface area contributed by atoms with E-state index < -0.39 is 11.4 Å². The molecule has 11 heteroatoms. The van der Waals surface area contributed by atoms with Gasteiger partial charge in [0.25, 0.3) is 0 Å². The number of rotatable bonds is 5. The molecule has 2 aliphatic rings. The van der Waals surface area contributed by atoms with E-state index in [0.717, 1.165) is 43.1 Å². The second-order valence-corrected chi connectivity index (χ2v) is 14.1. The van der Waals surface area contributed by atoms with Crippen LogP contribution in [-0.2, 0) is 17.8 Å². The zero-order valence-corrected chi connectivity index (χ0v) is 23.6. The highest BCUT2D eigenvalue weighted by Crippen LogP contribution is 2.53. The molecule has 1 aromatic carbocycles. The van der Waals surface area contributed by atoms with E-state index in [1.54, 1.807) is 18.5 Å². The van der Waals surface area contributed by atoms with E-state index in [-0.39, 0.29) is 22.0 Å². The normalized spacial score (nSPS) is 19.7. The molecule has 5 rings (SSSR count). The maximum absolute atomic E-state index is 13.1. The first-order valence-corrected chi connectivity index (χ1v) is 14.6. The van der Waals surface area contributed by atoms with E-state index in [1.807, 2.05) is 20.8 Å². The van der Waals surface area contributed by atoms with Crippen LogP contribution in [0.25, 0.3) is 0 Å². The van der Waals surface area contributed by atoms with Gasteiger partial charge in [-0.25, -0.2) is 15.0 Å². The predicted octanol–water partition coefficient (Wildman–Crippen LogP) is 4.78. The summed E-state index contributed by atoms with van der Waals surface area (Å²) >= 11 is 6.44. The van der Waals surface area contributed by atoms with Gasteiger partial charge in [0.15, 0.2) is 5.82 Å². The number of nitrogens with one attached hydrogen (secondary N) is 1. The SMILES string of the molecule is CC(C)(C)[S+]([O-])NC1c2ccccc2CC12CCN(c1cnc(Sc3ccnc(N)c3Cl)c(N)n1)CC2. The third kappa shape index (κ3) is 5.22. The van der Waals surface area contributed by atoms with E-state index >= 15 is 0 Å². The van der Waals surface area contributed by atoms with Gasteiger partial charge in [-0.3, -0.25) is 0 Å². The molecular formula is C26H32ClN7OS2. The molecule has 37 heavy (non-hydrogen) atoms. The van der Waals surface area contributed by atoms with Crippen molar-refractivity contribution in [2.24, 2.45) is 5.41 Å². The summed E-state index contributed by atoms with van der Waals surface area (Å²) in [4.78, 5) is 16.2. The van der Waals surface area contributed by atoms with Crippen LogP contribution in [0.15, 0.2) is 52.6 Å². The van der Waals surface area contributed by atoms with Gasteiger partial charge in [0.05, 0.1) is 17.3 Å². The van der Waals surface area contributed by atoms with Gasteiger partial charge >= 0.3 is 0 Å². The first-order chi connectivity index (χ1) is 17.6. The molecule has 8 nitrogen and oxygen atoms in total. The van der Waals surface area contributed by atoms with Crippen LogP contribution in [0.5, 0.6) is 0 Å². The van der Waals surface area contributed by atoms with Crippen molar-refractivity contribution < 1.29 is 4.55 Å². The Morgan fingerprint density at radius 3 is 2.57 bits per heavy atom. The first kappa shape index (κ1) is 26.4. The molecule has 196 valence electrons. The van der Waals surface area contributed by atoms with Gasteiger partial charge in [0.2, 0.25) is 0 Å². The zero-order chi connectivity index (χ0) is 26.4. The lowest BCUT2D eigenvalue weighted by Crippen LogP contribution is -2.49. The number of pyridine rings is 1. The summed E-state index contributed by atoms with van der Waals surface area (Å²) in [7, 11) is 0. The number of fused-ring (bicyclic) bond motifs is 1. The fraction of sp³-hybridized carbons (Fsp3) is 0.423. The topological polar surface area (TPSA) is 129 Å². The molecule has 5 N–H and O–H groups in total. The van der Waals surface area contributed by atoms with Gasteiger partial charge in [-0.05, 0) is 57.2 Å². The molecule has 2 atom stereocenters. The highest BCUT2D eigenvalue weighted by atomic mass is 35.5. The van der Waals surface area contributed by atoms with E-state index in [2.05, 4.69) is 48.8 Å². The molecule has 1 spiro atoms. The number of halogens is 1. The Labute approximate surface area is 230 Å². The molecule has 0 bridgehead atoms. The zero-order valence-electron chi connectivity index (χ0n) is 21.2. The lowest BCUT2D eigenvalue weighted by Gasteiger charge is -2.44. The smallest absolute Gasteiger partial charge is 0.158 e. The highest BCUT2D eigenvalue weighted by Gasteiger charge is 2.50. The highest BCUT2D eigenvalue weighted by molar-refractivity contribution is 7.99. The largest absolute Gasteiger partial charge is 0.598 e. The molecule has 1 aliphatic heterocycles. The molecule has 1 aliphatic carbocycles. The molecule has 1 saturated heterocycles. The third-order valence-electron chi connectivity index (χ3n) is 7.22. The van der Waals surface area contributed by atoms with Crippen molar-refractivity contribution >= 4 is 52.2 Å². The number of hydrogen-bond acceptors (Lipinski definition) is 9. The fourth-order valence-electron chi connectivity index (χ4n) is 5.14. The summed E-state index contributed by atoms with van der Waals surface area (Å²) in [6, 6.07) is 10.4. The minimum atomic E-state index is -1.16. The quantitative estimate of drug-likeness (QED) is 0.379. The minimum Gasteiger partial charge on any atom is -0.598 e. The number of aromatic nitrogens is 3. The lowest BCUT2D eigenvalue weighted by atomic mass is 9.73. The maximum Gasteiger partial charge on any atom is 0.158 e. The number of nitrogens with two attached hydrogens (primary N) is 2. The van der Waals surface area contributed by atoms with Gasteiger partial charge in [-0.15, -0.1) is 4.72 Å². The van der Waals surface area contributed by atoms with Crippen molar-refractivity contribution in [1.29, 1.82) is 0 Å². The summed E-state index contributed by atoms with van der Waals surface area (Å²) in [5, 5.41) is 0.956. The van der Waals surface area contributed by atoms with Crippen molar-refractivity contribution in [2.75, 3.05) is 29.5 Å². The predicted molar refractivity (Wildman–Crippen MR) is 152 cm³/mol. The van der Waals surface area contributed by atoms with E-state index in [4.69, 9.17) is 23.1 Å². The molecule has 2 unspecified atom stereocenters. The molecule has 3 aromatic rings. The third-order valence-corrected chi connectivity index (χ3v) is 10.4. The van der Waals surface area contributed by atoms with Gasteiger partial charge < -0.3 is 20.9 Å². The van der Waals surface area contributed by atoms with Crippen molar-refractivity contribution in [1.82, 2.24) is 19.7 Å². The minimum absolute atomic E-state index is 0.00782. The molecule has 3 heterocycles. The average Bonchev–Trinajstić information content (AvgIpc) is 3.15. The lowest BCUT2D eigenvalue weighted by molar-refractivity contribution is 0.176. The summed E-state index contributed by atoms with van der Waals surface area (Å²) < 4.78 is 16.3. The second-order valence-electron chi connectivity index (χ2n) is 10.7. The maximum atomic E-state index is 13.1. The molecule has 0 amide bonds. The Hall–Kier alpha value is -2.24. The van der Waals surface area contributed by atoms with Crippen molar-refractivity contribution in [3.05, 3.63) is 58.9 Å². The summed E-state index contributed by atoms with van der Waals surface area (Å²) in [6.07, 6.45) is 6.25.